The van der Waals surface area contributed by atoms with Gasteiger partial charge in [-0.3, -0.25) is 9.89 Å². The number of H-pyrrole nitrogens is 1. The van der Waals surface area contributed by atoms with E-state index in [0.717, 1.165) is 16.8 Å². The first-order valence-corrected chi connectivity index (χ1v) is 9.41. The molecule has 0 fully saturated rings. The molecule has 26 heavy (non-hydrogen) atoms. The van der Waals surface area contributed by atoms with Gasteiger partial charge < -0.3 is 9.11 Å². The molecule has 1 heterocycles. The van der Waals surface area contributed by atoms with Crippen molar-refractivity contribution in [3.8, 4) is 5.69 Å². The Bertz CT molecular complexity index is 1010. The van der Waals surface area contributed by atoms with Gasteiger partial charge >= 0.3 is 59.1 Å². The molecule has 0 amide bonds. The number of hydrogen-bond acceptors (Lipinski definition) is 7. The Morgan fingerprint density at radius 3 is 1.62 bits per heavy atom. The van der Waals surface area contributed by atoms with E-state index in [0.29, 0.717) is 11.8 Å². The van der Waals surface area contributed by atoms with Crippen molar-refractivity contribution in [3.05, 3.63) is 40.3 Å². The second kappa shape index (κ2) is 8.60. The zero-order valence-electron chi connectivity index (χ0n) is 14.9. The molecule has 0 atom stereocenters. The maximum Gasteiger partial charge on any atom is 1.00 e. The normalized spacial score (nSPS) is 12.2. The molecule has 132 valence electrons. The fourth-order valence-electron chi connectivity index (χ4n) is 1.95. The predicted octanol–water partition coefficient (Wildman–Crippen LogP) is -5.72. The van der Waals surface area contributed by atoms with Crippen molar-refractivity contribution in [1.29, 1.82) is 0 Å². The average Bonchev–Trinajstić information content (AvgIpc) is 2.78. The zero-order valence-corrected chi connectivity index (χ0v) is 20.6. The van der Waals surface area contributed by atoms with E-state index in [-0.39, 0.29) is 64.8 Å². The van der Waals surface area contributed by atoms with Crippen molar-refractivity contribution in [3.63, 3.8) is 0 Å². The maximum absolute atomic E-state index is 12.1. The topological polar surface area (TPSA) is 152 Å². The molecule has 1 N–H and O–H groups in total. The van der Waals surface area contributed by atoms with Crippen LogP contribution in [-0.4, -0.2) is 35.7 Å². The summed E-state index contributed by atoms with van der Waals surface area (Å²) in [5.74, 6) is 0. The standard InChI is InChI=1S/C13H16N2O7S2.2Na/c1-13(2,3)11-7-12(16)15(14-11)8-4-9(23(17,18)19)6-10(5-8)24(20,21)22;;/h4-7,14H,1-3H3,(H,17,18,19)(H,20,21,22);;/q;2*+1/p-2. The molecule has 9 nitrogen and oxygen atoms in total. The van der Waals surface area contributed by atoms with Crippen molar-refractivity contribution in [2.45, 2.75) is 36.0 Å². The number of benzene rings is 1. The van der Waals surface area contributed by atoms with E-state index in [1.54, 1.807) is 0 Å². The van der Waals surface area contributed by atoms with Gasteiger partial charge in [0.25, 0.3) is 5.56 Å². The molecule has 13 heteroatoms. The van der Waals surface area contributed by atoms with E-state index < -0.39 is 41.0 Å². The Kier molecular flexibility index (Phi) is 8.61. The van der Waals surface area contributed by atoms with E-state index in [9.17, 15) is 30.7 Å². The summed E-state index contributed by atoms with van der Waals surface area (Å²) in [4.78, 5) is 10.2. The first kappa shape index (κ1) is 26.1. The second-order valence-corrected chi connectivity index (χ2v) is 8.92. The third-order valence-electron chi connectivity index (χ3n) is 3.23. The molecule has 0 unspecified atom stereocenters. The number of rotatable bonds is 3. The third-order valence-corrected chi connectivity index (χ3v) is 4.85. The maximum atomic E-state index is 12.1. The summed E-state index contributed by atoms with van der Waals surface area (Å²) in [6.07, 6.45) is 0. The van der Waals surface area contributed by atoms with Crippen LogP contribution in [0.5, 0.6) is 0 Å². The van der Waals surface area contributed by atoms with Gasteiger partial charge in [-0.1, -0.05) is 20.8 Å². The predicted molar refractivity (Wildman–Crippen MR) is 81.0 cm³/mol. The SMILES string of the molecule is CC(C)(C)c1cc(=O)n(-c2cc(S(=O)(=O)[O-])cc(S(=O)(=O)[O-])c2)[nH]1.[Na+].[Na+]. The molecule has 0 saturated carbocycles. The number of nitrogens with zero attached hydrogens (tertiary/aromatic N) is 1. The minimum absolute atomic E-state index is 0. The summed E-state index contributed by atoms with van der Waals surface area (Å²) in [7, 11) is -10.1. The fourth-order valence-corrected chi connectivity index (χ4v) is 3.09. The Morgan fingerprint density at radius 1 is 0.885 bits per heavy atom. The van der Waals surface area contributed by atoms with Crippen LogP contribution in [0.1, 0.15) is 26.5 Å². The molecule has 0 radical (unpaired) electrons. The number of aromatic nitrogens is 2. The smallest absolute Gasteiger partial charge is 0.744 e. The minimum Gasteiger partial charge on any atom is -0.744 e. The van der Waals surface area contributed by atoms with E-state index >= 15 is 0 Å². The van der Waals surface area contributed by atoms with E-state index in [1.807, 2.05) is 20.8 Å². The molecular formula is C13H14N2Na2O7S2. The molecule has 0 aliphatic rings. The van der Waals surface area contributed by atoms with Crippen LogP contribution in [0.4, 0.5) is 0 Å². The molecule has 1 aromatic carbocycles. The molecule has 2 aromatic rings. The van der Waals surface area contributed by atoms with Gasteiger partial charge in [-0.15, -0.1) is 0 Å². The van der Waals surface area contributed by atoms with Crippen LogP contribution in [0.25, 0.3) is 5.69 Å². The van der Waals surface area contributed by atoms with Crippen LogP contribution in [0, 0.1) is 0 Å². The van der Waals surface area contributed by atoms with Gasteiger partial charge in [-0.2, -0.15) is 0 Å². The van der Waals surface area contributed by atoms with Crippen LogP contribution in [0.3, 0.4) is 0 Å². The Morgan fingerprint density at radius 2 is 1.31 bits per heavy atom. The van der Waals surface area contributed by atoms with Crippen LogP contribution in [0.2, 0.25) is 0 Å². The summed E-state index contributed by atoms with van der Waals surface area (Å²) in [6, 6.07) is 3.36. The third kappa shape index (κ3) is 6.03. The summed E-state index contributed by atoms with van der Waals surface area (Å²) >= 11 is 0. The van der Waals surface area contributed by atoms with Crippen molar-refractivity contribution in [2.24, 2.45) is 0 Å². The monoisotopic (exact) mass is 420 g/mol. The summed E-state index contributed by atoms with van der Waals surface area (Å²) in [5, 5.41) is 2.71. The van der Waals surface area contributed by atoms with Crippen molar-refractivity contribution >= 4 is 20.2 Å². The molecule has 0 spiro atoms. The first-order chi connectivity index (χ1) is 10.7. The molecule has 1 aromatic heterocycles. The van der Waals surface area contributed by atoms with Crippen molar-refractivity contribution in [1.82, 2.24) is 9.78 Å². The van der Waals surface area contributed by atoms with Gasteiger partial charge in [0, 0.05) is 17.2 Å². The Labute approximate surface area is 195 Å². The van der Waals surface area contributed by atoms with Gasteiger partial charge in [-0.05, 0) is 18.2 Å². The van der Waals surface area contributed by atoms with Crippen LogP contribution in [0.15, 0.2) is 38.9 Å². The number of aromatic amines is 1. The van der Waals surface area contributed by atoms with E-state index in [1.165, 1.54) is 6.07 Å². The molecule has 0 saturated heterocycles. The summed E-state index contributed by atoms with van der Waals surface area (Å²) in [6.45, 7) is 5.44. The molecule has 0 aliphatic heterocycles. The second-order valence-electron chi connectivity index (χ2n) is 6.16. The van der Waals surface area contributed by atoms with Crippen molar-refractivity contribution < 1.29 is 85.1 Å². The Hall–Kier alpha value is 0.0500. The quantitative estimate of drug-likeness (QED) is 0.384. The molecule has 0 aliphatic carbocycles. The van der Waals surface area contributed by atoms with Crippen molar-refractivity contribution in [2.75, 3.05) is 0 Å². The minimum atomic E-state index is -5.03. The van der Waals surface area contributed by atoms with Gasteiger partial charge in [0.15, 0.2) is 0 Å². The number of hydrogen-bond donors (Lipinski definition) is 1. The summed E-state index contributed by atoms with van der Waals surface area (Å²) in [5.41, 5.74) is -0.800. The average molecular weight is 420 g/mol. The zero-order chi connectivity index (χ0) is 18.5. The van der Waals surface area contributed by atoms with E-state index in [4.69, 9.17) is 0 Å². The van der Waals surface area contributed by atoms with E-state index in [2.05, 4.69) is 5.10 Å². The summed E-state index contributed by atoms with van der Waals surface area (Å²) < 4.78 is 68.0. The molecular weight excluding hydrogens is 406 g/mol. The van der Waals surface area contributed by atoms with Gasteiger partial charge in [0.05, 0.1) is 15.5 Å². The van der Waals surface area contributed by atoms with Gasteiger partial charge in [-0.25, -0.2) is 21.5 Å². The number of nitrogens with one attached hydrogen (secondary N) is 1. The van der Waals surface area contributed by atoms with Gasteiger partial charge in [0.1, 0.15) is 20.2 Å². The molecule has 0 bridgehead atoms. The van der Waals surface area contributed by atoms with Crippen LogP contribution < -0.4 is 64.7 Å². The van der Waals surface area contributed by atoms with Crippen LogP contribution in [-0.2, 0) is 25.7 Å². The van der Waals surface area contributed by atoms with Crippen LogP contribution >= 0.6 is 0 Å². The fraction of sp³-hybridized carbons (Fsp3) is 0.308. The van der Waals surface area contributed by atoms with Gasteiger partial charge in [0.2, 0.25) is 0 Å². The first-order valence-electron chi connectivity index (χ1n) is 6.59. The Balaban J connectivity index is 0.00000312. The largest absolute Gasteiger partial charge is 1.00 e. The molecule has 2 rings (SSSR count).